The van der Waals surface area contributed by atoms with Gasteiger partial charge in [0, 0.05) is 17.9 Å². The molecular weight excluding hydrogens is 450 g/mol. The van der Waals surface area contributed by atoms with Crippen LogP contribution in [0.5, 0.6) is 0 Å². The van der Waals surface area contributed by atoms with Crippen molar-refractivity contribution in [2.45, 2.75) is 37.6 Å². The first-order chi connectivity index (χ1) is 14.0. The van der Waals surface area contributed by atoms with Crippen LogP contribution in [0.15, 0.2) is 28.6 Å². The number of nitrogens with zero attached hydrogens (tertiary/aromatic N) is 4. The highest BCUT2D eigenvalue weighted by Gasteiger charge is 2.32. The normalized spacial score (nSPS) is 12.6. The van der Waals surface area contributed by atoms with Crippen molar-refractivity contribution in [1.82, 2.24) is 10.2 Å². The number of anilines is 2. The number of carbonyl (C=O) groups is 1. The molecule has 0 bridgehead atoms. The zero-order valence-corrected chi connectivity index (χ0v) is 19.4. The van der Waals surface area contributed by atoms with E-state index in [1.54, 1.807) is 6.92 Å². The van der Waals surface area contributed by atoms with Gasteiger partial charge in [0.15, 0.2) is 4.34 Å². The Morgan fingerprint density at radius 1 is 1.37 bits per heavy atom. The number of nitro groups is 1. The van der Waals surface area contributed by atoms with Gasteiger partial charge >= 0.3 is 0 Å². The van der Waals surface area contributed by atoms with Crippen LogP contribution < -0.4 is 9.62 Å². The van der Waals surface area contributed by atoms with Crippen LogP contribution in [0.3, 0.4) is 0 Å². The van der Waals surface area contributed by atoms with Gasteiger partial charge < -0.3 is 0 Å². The Kier molecular flexibility index (Phi) is 8.15. The van der Waals surface area contributed by atoms with Crippen LogP contribution in [0.25, 0.3) is 0 Å². The number of carbonyl (C=O) groups excluding carboxylic acids is 1. The van der Waals surface area contributed by atoms with E-state index in [1.165, 1.54) is 41.3 Å². The fourth-order valence-electron chi connectivity index (χ4n) is 2.55. The third kappa shape index (κ3) is 6.37. The summed E-state index contributed by atoms with van der Waals surface area (Å²) in [6, 6.07) is 4.05. The van der Waals surface area contributed by atoms with Gasteiger partial charge in [-0.05, 0) is 18.4 Å². The van der Waals surface area contributed by atoms with Crippen molar-refractivity contribution in [1.29, 1.82) is 0 Å². The van der Waals surface area contributed by atoms with Gasteiger partial charge in [-0.3, -0.25) is 24.5 Å². The van der Waals surface area contributed by atoms with Crippen molar-refractivity contribution >= 4 is 55.5 Å². The van der Waals surface area contributed by atoms with E-state index in [2.05, 4.69) is 29.4 Å². The highest BCUT2D eigenvalue weighted by atomic mass is 32.2. The van der Waals surface area contributed by atoms with E-state index in [1.807, 2.05) is 0 Å². The van der Waals surface area contributed by atoms with Crippen LogP contribution in [-0.2, 0) is 14.8 Å². The van der Waals surface area contributed by atoms with E-state index in [0.717, 1.165) is 22.4 Å². The Bertz CT molecular complexity index is 1010. The second kappa shape index (κ2) is 10.2. The number of benzene rings is 1. The van der Waals surface area contributed by atoms with Crippen molar-refractivity contribution in [2.75, 3.05) is 21.6 Å². The number of aromatic nitrogens is 2. The van der Waals surface area contributed by atoms with Crippen LogP contribution in [0.4, 0.5) is 16.5 Å². The van der Waals surface area contributed by atoms with Gasteiger partial charge in [0.25, 0.3) is 5.69 Å². The maximum absolute atomic E-state index is 12.9. The molecule has 0 fully saturated rings. The first-order valence-electron chi connectivity index (χ1n) is 9.04. The molecule has 2 rings (SSSR count). The molecule has 1 aromatic heterocycles. The predicted octanol–water partition coefficient (Wildman–Crippen LogP) is 3.38. The van der Waals surface area contributed by atoms with Gasteiger partial charge in [-0.2, -0.15) is 0 Å². The van der Waals surface area contributed by atoms with Crippen molar-refractivity contribution < 1.29 is 18.1 Å². The summed E-state index contributed by atoms with van der Waals surface area (Å²) in [5.74, 6) is 0.736. The van der Waals surface area contributed by atoms with Crippen LogP contribution in [-0.4, -0.2) is 47.5 Å². The summed E-state index contributed by atoms with van der Waals surface area (Å²) in [6.07, 6.45) is 1.10. The zero-order valence-electron chi connectivity index (χ0n) is 16.9. The molecule has 164 valence electrons. The van der Waals surface area contributed by atoms with Crippen LogP contribution in [0.2, 0.25) is 0 Å². The summed E-state index contributed by atoms with van der Waals surface area (Å²) in [7, 11) is -3.91. The Morgan fingerprint density at radius 3 is 2.63 bits per heavy atom. The van der Waals surface area contributed by atoms with E-state index >= 15 is 0 Å². The molecule has 30 heavy (non-hydrogen) atoms. The molecule has 1 atom stereocenters. The number of hydrogen-bond donors (Lipinski definition) is 1. The first-order valence-corrected chi connectivity index (χ1v) is 12.7. The molecule has 0 saturated carbocycles. The van der Waals surface area contributed by atoms with Gasteiger partial charge in [0.05, 0.1) is 16.9 Å². The number of thioether (sulfide) groups is 1. The molecule has 0 aliphatic carbocycles. The van der Waals surface area contributed by atoms with Crippen molar-refractivity contribution in [3.63, 3.8) is 0 Å². The minimum atomic E-state index is -3.91. The van der Waals surface area contributed by atoms with Crippen LogP contribution in [0, 0.1) is 16.0 Å². The van der Waals surface area contributed by atoms with Crippen molar-refractivity contribution in [3.05, 3.63) is 34.4 Å². The molecule has 1 N–H and O–H groups in total. The Balaban J connectivity index is 2.28. The smallest absolute Gasteiger partial charge is 0.271 e. The summed E-state index contributed by atoms with van der Waals surface area (Å²) >= 11 is 2.73. The molecule has 13 heteroatoms. The highest BCUT2D eigenvalue weighted by Crippen LogP contribution is 2.29. The van der Waals surface area contributed by atoms with Crippen LogP contribution in [0.1, 0.15) is 27.2 Å². The molecule has 1 aromatic carbocycles. The standard InChI is InChI=1S/C17H23N5O5S3/c1-5-14(15(23)18-16-19-20-17(29-16)28-10-11(2)3)21(30(4,26)27)12-7-6-8-13(9-12)22(24)25/h6-9,11,14H,5,10H2,1-4H3,(H,18,19,23)/t14-/m0/s1. The summed E-state index contributed by atoms with van der Waals surface area (Å²) in [5.41, 5.74) is -0.230. The summed E-state index contributed by atoms with van der Waals surface area (Å²) in [5, 5.41) is 21.9. The van der Waals surface area contributed by atoms with Gasteiger partial charge in [0.1, 0.15) is 6.04 Å². The van der Waals surface area contributed by atoms with E-state index < -0.39 is 26.9 Å². The lowest BCUT2D eigenvalue weighted by molar-refractivity contribution is -0.384. The molecule has 0 saturated heterocycles. The van der Waals surface area contributed by atoms with E-state index in [-0.39, 0.29) is 22.9 Å². The SMILES string of the molecule is CC[C@@H](C(=O)Nc1nnc(SCC(C)C)s1)N(c1cccc([N+](=O)[O-])c1)S(C)(=O)=O. The number of amides is 1. The largest absolute Gasteiger partial charge is 0.299 e. The maximum atomic E-state index is 12.9. The zero-order chi connectivity index (χ0) is 22.5. The molecule has 0 aliphatic heterocycles. The lowest BCUT2D eigenvalue weighted by Crippen LogP contribution is -2.47. The lowest BCUT2D eigenvalue weighted by Gasteiger charge is -2.29. The van der Waals surface area contributed by atoms with Gasteiger partial charge in [-0.1, -0.05) is 49.9 Å². The number of hydrogen-bond acceptors (Lipinski definition) is 9. The Labute approximate surface area is 183 Å². The Hall–Kier alpha value is -2.25. The summed E-state index contributed by atoms with van der Waals surface area (Å²) in [6.45, 7) is 5.82. The third-order valence-corrected chi connectivity index (χ3v) is 7.38. The van der Waals surface area contributed by atoms with Crippen molar-refractivity contribution in [3.8, 4) is 0 Å². The number of nitro benzene ring substituents is 1. The average Bonchev–Trinajstić information content (AvgIpc) is 3.10. The summed E-state index contributed by atoms with van der Waals surface area (Å²) in [4.78, 5) is 23.3. The molecule has 10 nitrogen and oxygen atoms in total. The summed E-state index contributed by atoms with van der Waals surface area (Å²) < 4.78 is 26.5. The van der Waals surface area contributed by atoms with Crippen LogP contribution >= 0.6 is 23.1 Å². The second-order valence-electron chi connectivity index (χ2n) is 6.83. The van der Waals surface area contributed by atoms with Gasteiger partial charge in [-0.15, -0.1) is 10.2 Å². The molecule has 0 radical (unpaired) electrons. The minimum absolute atomic E-state index is 0.0409. The van der Waals surface area contributed by atoms with E-state index in [4.69, 9.17) is 0 Å². The molecular formula is C17H23N5O5S3. The Morgan fingerprint density at radius 2 is 2.07 bits per heavy atom. The number of rotatable bonds is 10. The molecule has 1 amide bonds. The first kappa shape index (κ1) is 24.0. The van der Waals surface area contributed by atoms with Gasteiger partial charge in [-0.25, -0.2) is 8.42 Å². The maximum Gasteiger partial charge on any atom is 0.271 e. The minimum Gasteiger partial charge on any atom is -0.299 e. The fourth-order valence-corrected chi connectivity index (χ4v) is 5.48. The molecule has 0 spiro atoms. The molecule has 0 unspecified atom stereocenters. The molecule has 0 aliphatic rings. The number of non-ortho nitro benzene ring substituents is 1. The number of sulfonamides is 1. The highest BCUT2D eigenvalue weighted by molar-refractivity contribution is 8.01. The topological polar surface area (TPSA) is 135 Å². The van der Waals surface area contributed by atoms with Gasteiger partial charge in [0.2, 0.25) is 21.1 Å². The predicted molar refractivity (Wildman–Crippen MR) is 119 cm³/mol. The van der Waals surface area contributed by atoms with E-state index in [0.29, 0.717) is 10.3 Å². The fraction of sp³-hybridized carbons (Fsp3) is 0.471. The lowest BCUT2D eigenvalue weighted by atomic mass is 10.2. The van der Waals surface area contributed by atoms with E-state index in [9.17, 15) is 23.3 Å². The third-order valence-electron chi connectivity index (χ3n) is 3.80. The quantitative estimate of drug-likeness (QED) is 0.240. The number of nitrogens with one attached hydrogen (secondary N) is 1. The van der Waals surface area contributed by atoms with Crippen molar-refractivity contribution in [2.24, 2.45) is 5.92 Å². The monoisotopic (exact) mass is 473 g/mol. The molecule has 2 aromatic rings. The second-order valence-corrected chi connectivity index (χ2v) is 10.9. The average molecular weight is 474 g/mol. The molecule has 1 heterocycles.